The molecule has 0 radical (unpaired) electrons. The van der Waals surface area contributed by atoms with Crippen LogP contribution in [0.3, 0.4) is 0 Å². The summed E-state index contributed by atoms with van der Waals surface area (Å²) in [5.41, 5.74) is 4.55. The molecule has 2 N–H and O–H groups in total. The number of carboxylic acid groups (broad SMARTS) is 1. The van der Waals surface area contributed by atoms with Crippen molar-refractivity contribution in [1.82, 2.24) is 9.62 Å². The number of aliphatic carboxylic acids is 1. The van der Waals surface area contributed by atoms with E-state index in [1.165, 1.54) is 31.4 Å². The molecule has 3 aromatic rings. The van der Waals surface area contributed by atoms with E-state index in [1.54, 1.807) is 0 Å². The Morgan fingerprint density at radius 3 is 2.07 bits per heavy atom. The summed E-state index contributed by atoms with van der Waals surface area (Å²) >= 11 is 0. The number of methoxy groups -OCH3 is 1. The molecule has 224 valence electrons. The van der Waals surface area contributed by atoms with E-state index >= 15 is 0 Å². The van der Waals surface area contributed by atoms with E-state index < -0.39 is 28.1 Å². The van der Waals surface area contributed by atoms with Crippen molar-refractivity contribution in [3.63, 3.8) is 0 Å². The number of carbonyl (C=O) groups excluding carboxylic acids is 1. The minimum Gasteiger partial charge on any atom is -0.497 e. The van der Waals surface area contributed by atoms with Crippen LogP contribution in [0, 0.1) is 5.92 Å². The van der Waals surface area contributed by atoms with Crippen LogP contribution in [0.1, 0.15) is 50.2 Å². The van der Waals surface area contributed by atoms with Crippen molar-refractivity contribution in [3.05, 3.63) is 83.9 Å². The van der Waals surface area contributed by atoms with Gasteiger partial charge < -0.3 is 19.9 Å². The molecule has 4 rings (SSSR count). The molecule has 1 aliphatic carbocycles. The van der Waals surface area contributed by atoms with E-state index in [1.807, 2.05) is 38.1 Å². The lowest BCUT2D eigenvalue weighted by Crippen LogP contribution is -2.46. The highest BCUT2D eigenvalue weighted by Crippen LogP contribution is 2.44. The number of alkyl carbamates (subject to hydrolysis) is 1. The van der Waals surface area contributed by atoms with Gasteiger partial charge in [-0.3, -0.25) is 4.79 Å². The zero-order chi connectivity index (χ0) is 30.3. The lowest BCUT2D eigenvalue weighted by molar-refractivity contribution is -0.141. The van der Waals surface area contributed by atoms with E-state index in [-0.39, 0.29) is 42.8 Å². The number of amides is 1. The number of ether oxygens (including phenoxy) is 2. The summed E-state index contributed by atoms with van der Waals surface area (Å²) in [5.74, 6) is -0.838. The molecule has 0 aliphatic heterocycles. The zero-order valence-corrected chi connectivity index (χ0v) is 25.0. The van der Waals surface area contributed by atoms with Crippen molar-refractivity contribution >= 4 is 22.1 Å². The molecule has 1 atom stereocenters. The molecule has 0 aromatic heterocycles. The van der Waals surface area contributed by atoms with Gasteiger partial charge in [-0.2, -0.15) is 4.31 Å². The SMILES string of the molecule is COc1ccc(S(=O)(=O)N(CC(C)C)[C@@H](CCCCNC(=O)OCC2c3ccccc3-c3ccccc32)C(=O)O)cc1. The molecule has 0 bridgehead atoms. The van der Waals surface area contributed by atoms with Crippen molar-refractivity contribution in [2.45, 2.75) is 50.0 Å². The molecule has 1 aliphatic rings. The molecule has 42 heavy (non-hydrogen) atoms. The highest BCUT2D eigenvalue weighted by atomic mass is 32.2. The fourth-order valence-electron chi connectivity index (χ4n) is 5.33. The summed E-state index contributed by atoms with van der Waals surface area (Å²) in [7, 11) is -2.59. The van der Waals surface area contributed by atoms with Crippen molar-refractivity contribution in [2.75, 3.05) is 26.8 Å². The van der Waals surface area contributed by atoms with Gasteiger partial charge in [0.2, 0.25) is 10.0 Å². The van der Waals surface area contributed by atoms with E-state index in [0.717, 1.165) is 26.6 Å². The summed E-state index contributed by atoms with van der Waals surface area (Å²) in [6.07, 6.45) is 0.415. The number of unbranched alkanes of at least 4 members (excludes halogenated alkanes) is 1. The van der Waals surface area contributed by atoms with Gasteiger partial charge in [0.05, 0.1) is 12.0 Å². The van der Waals surface area contributed by atoms with E-state index in [4.69, 9.17) is 9.47 Å². The van der Waals surface area contributed by atoms with Crippen molar-refractivity contribution in [3.8, 4) is 16.9 Å². The monoisotopic (exact) mass is 594 g/mol. The minimum absolute atomic E-state index is 0.00659. The Morgan fingerprint density at radius 2 is 1.52 bits per heavy atom. The van der Waals surface area contributed by atoms with Crippen LogP contribution in [0.15, 0.2) is 77.7 Å². The number of fused-ring (bicyclic) bond motifs is 3. The molecule has 10 heteroatoms. The number of benzene rings is 3. The first-order valence-corrected chi connectivity index (χ1v) is 15.5. The van der Waals surface area contributed by atoms with Crippen LogP contribution in [0.5, 0.6) is 5.75 Å². The topological polar surface area (TPSA) is 122 Å². The van der Waals surface area contributed by atoms with E-state index in [2.05, 4.69) is 29.6 Å². The van der Waals surface area contributed by atoms with Crippen molar-refractivity contribution in [1.29, 1.82) is 0 Å². The third-order valence-corrected chi connectivity index (χ3v) is 9.25. The number of rotatable bonds is 14. The molecule has 0 saturated heterocycles. The third kappa shape index (κ3) is 7.11. The van der Waals surface area contributed by atoms with Gasteiger partial charge in [0.25, 0.3) is 0 Å². The fraction of sp³-hybridized carbons (Fsp3) is 0.375. The number of sulfonamides is 1. The van der Waals surface area contributed by atoms with Gasteiger partial charge in [0.15, 0.2) is 0 Å². The average Bonchev–Trinajstić information content (AvgIpc) is 3.30. The number of nitrogens with one attached hydrogen (secondary N) is 1. The van der Waals surface area contributed by atoms with Crippen molar-refractivity contribution < 1.29 is 32.6 Å². The number of carboxylic acids is 1. The molecule has 0 heterocycles. The second kappa shape index (κ2) is 13.8. The Labute approximate surface area is 247 Å². The van der Waals surface area contributed by atoms with Crippen LogP contribution in [0.2, 0.25) is 0 Å². The summed E-state index contributed by atoms with van der Waals surface area (Å²) in [6, 6.07) is 20.9. The minimum atomic E-state index is -4.07. The van der Waals surface area contributed by atoms with Crippen LogP contribution >= 0.6 is 0 Å². The van der Waals surface area contributed by atoms with Crippen LogP contribution < -0.4 is 10.1 Å². The third-order valence-electron chi connectivity index (χ3n) is 7.36. The Kier molecular flexibility index (Phi) is 10.2. The maximum absolute atomic E-state index is 13.5. The maximum Gasteiger partial charge on any atom is 0.407 e. The molecule has 3 aromatic carbocycles. The fourth-order valence-corrected chi connectivity index (χ4v) is 7.10. The molecule has 9 nitrogen and oxygen atoms in total. The zero-order valence-electron chi connectivity index (χ0n) is 24.2. The number of hydrogen-bond donors (Lipinski definition) is 2. The maximum atomic E-state index is 13.5. The second-order valence-electron chi connectivity index (χ2n) is 10.7. The van der Waals surface area contributed by atoms with Gasteiger partial charge in [-0.05, 0) is 71.7 Å². The summed E-state index contributed by atoms with van der Waals surface area (Å²) in [5, 5.41) is 12.7. The quantitative estimate of drug-likeness (QED) is 0.236. The lowest BCUT2D eigenvalue weighted by Gasteiger charge is -2.29. The van der Waals surface area contributed by atoms with Crippen LogP contribution in [-0.2, 0) is 19.6 Å². The number of hydrogen-bond acceptors (Lipinski definition) is 6. The Morgan fingerprint density at radius 1 is 0.929 bits per heavy atom. The van der Waals surface area contributed by atoms with Crippen LogP contribution in [0.4, 0.5) is 4.79 Å². The lowest BCUT2D eigenvalue weighted by atomic mass is 9.98. The Hall–Kier alpha value is -3.89. The van der Waals surface area contributed by atoms with Gasteiger partial charge in [0, 0.05) is 19.0 Å². The standard InChI is InChI=1S/C32H38N2O7S/c1-22(2)20-34(42(38,39)24-17-15-23(40-3)16-18-24)30(31(35)36)14-8-9-19-33-32(37)41-21-29-27-12-6-4-10-25(27)26-11-5-7-13-28(26)29/h4-7,10-13,15-18,22,29-30H,8-9,14,19-21H2,1-3H3,(H,33,37)(H,35,36)/t30-/m0/s1. The van der Waals surface area contributed by atoms with Gasteiger partial charge >= 0.3 is 12.1 Å². The Bertz CT molecular complexity index is 1440. The normalized spacial score (nSPS) is 13.5. The van der Waals surface area contributed by atoms with Gasteiger partial charge in [0.1, 0.15) is 18.4 Å². The largest absolute Gasteiger partial charge is 0.497 e. The average molecular weight is 595 g/mol. The predicted molar refractivity (Wildman–Crippen MR) is 160 cm³/mol. The van der Waals surface area contributed by atoms with Crippen LogP contribution in [-0.4, -0.2) is 62.7 Å². The van der Waals surface area contributed by atoms with Crippen molar-refractivity contribution in [2.24, 2.45) is 5.92 Å². The molecule has 0 spiro atoms. The highest BCUT2D eigenvalue weighted by Gasteiger charge is 2.36. The molecular weight excluding hydrogens is 556 g/mol. The molecule has 0 saturated carbocycles. The summed E-state index contributed by atoms with van der Waals surface area (Å²) < 4.78 is 38.7. The van der Waals surface area contributed by atoms with Crippen LogP contribution in [0.25, 0.3) is 11.1 Å². The second-order valence-corrected chi connectivity index (χ2v) is 12.6. The highest BCUT2D eigenvalue weighted by molar-refractivity contribution is 7.89. The summed E-state index contributed by atoms with van der Waals surface area (Å²) in [4.78, 5) is 24.7. The Balaban J connectivity index is 1.30. The van der Waals surface area contributed by atoms with Gasteiger partial charge in [-0.1, -0.05) is 62.4 Å². The molecule has 0 unspecified atom stereocenters. The smallest absolute Gasteiger partial charge is 0.407 e. The number of carbonyl (C=O) groups is 2. The molecular formula is C32H38N2O7S. The molecule has 0 fully saturated rings. The molecule has 1 amide bonds. The number of nitrogens with zero attached hydrogens (tertiary/aromatic N) is 1. The van der Waals surface area contributed by atoms with E-state index in [9.17, 15) is 23.1 Å². The predicted octanol–water partition coefficient (Wildman–Crippen LogP) is 5.50. The van der Waals surface area contributed by atoms with Gasteiger partial charge in [-0.15, -0.1) is 0 Å². The summed E-state index contributed by atoms with van der Waals surface area (Å²) in [6.45, 7) is 4.22. The first-order chi connectivity index (χ1) is 20.1. The first-order valence-electron chi connectivity index (χ1n) is 14.1. The first kappa shape index (κ1) is 31.1. The van der Waals surface area contributed by atoms with Gasteiger partial charge in [-0.25, -0.2) is 13.2 Å². The van der Waals surface area contributed by atoms with E-state index in [0.29, 0.717) is 18.6 Å².